The van der Waals surface area contributed by atoms with E-state index in [2.05, 4.69) is 6.92 Å². The molecule has 1 aliphatic rings. The Kier molecular flexibility index (Phi) is 4.88. The van der Waals surface area contributed by atoms with Crippen molar-refractivity contribution in [1.82, 2.24) is 0 Å². The number of ether oxygens (including phenoxy) is 1. The minimum absolute atomic E-state index is 0.380. The molecule has 1 saturated carbocycles. The van der Waals surface area contributed by atoms with Crippen molar-refractivity contribution >= 4 is 11.6 Å². The summed E-state index contributed by atoms with van der Waals surface area (Å²) in [6.07, 6.45) is 4.26. The van der Waals surface area contributed by atoms with Gasteiger partial charge in [-0.3, -0.25) is 0 Å². The second-order valence-electron chi connectivity index (χ2n) is 5.80. The van der Waals surface area contributed by atoms with Gasteiger partial charge in [0.25, 0.3) is 0 Å². The summed E-state index contributed by atoms with van der Waals surface area (Å²) in [5.41, 5.74) is 0.685. The van der Waals surface area contributed by atoms with Gasteiger partial charge in [0.15, 0.2) is 0 Å². The molecule has 1 aromatic carbocycles. The van der Waals surface area contributed by atoms with Crippen molar-refractivity contribution in [2.24, 2.45) is 5.92 Å². The molecule has 1 N–H and O–H groups in total. The third kappa shape index (κ3) is 3.50. The molecule has 0 aliphatic heterocycles. The highest BCUT2D eigenvalue weighted by molar-refractivity contribution is 6.30. The monoisotopic (exact) mass is 282 g/mol. The first-order valence-corrected chi connectivity index (χ1v) is 7.41. The zero-order valence-electron chi connectivity index (χ0n) is 11.7. The molecule has 106 valence electrons. The molecule has 0 saturated heterocycles. The van der Waals surface area contributed by atoms with Crippen LogP contribution in [0.25, 0.3) is 0 Å². The summed E-state index contributed by atoms with van der Waals surface area (Å²) in [6, 6.07) is 7.70. The molecule has 1 atom stereocenters. The Morgan fingerprint density at radius 3 is 2.68 bits per heavy atom. The van der Waals surface area contributed by atoms with Gasteiger partial charge in [-0.25, -0.2) is 0 Å². The SMILES string of the molecule is COC1(C(O)Cc2cccc(Cl)c2)CCC(C)CC1. The molecular weight excluding hydrogens is 260 g/mol. The third-order valence-electron chi connectivity index (χ3n) is 4.45. The van der Waals surface area contributed by atoms with Gasteiger partial charge in [-0.15, -0.1) is 0 Å². The standard InChI is InChI=1S/C16H23ClO2/c1-12-6-8-16(19-2,9-7-12)15(18)11-13-4-3-5-14(17)10-13/h3-5,10,12,15,18H,6-9,11H2,1-2H3. The van der Waals surface area contributed by atoms with Crippen molar-refractivity contribution in [2.45, 2.75) is 50.7 Å². The maximum Gasteiger partial charge on any atom is 0.0939 e. The fourth-order valence-electron chi connectivity index (χ4n) is 3.00. The van der Waals surface area contributed by atoms with Crippen molar-refractivity contribution in [2.75, 3.05) is 7.11 Å². The van der Waals surface area contributed by atoms with Crippen molar-refractivity contribution in [3.05, 3.63) is 34.9 Å². The van der Waals surface area contributed by atoms with Crippen LogP contribution < -0.4 is 0 Å². The summed E-state index contributed by atoms with van der Waals surface area (Å²) < 4.78 is 5.71. The number of methoxy groups -OCH3 is 1. The van der Waals surface area contributed by atoms with E-state index in [1.807, 2.05) is 24.3 Å². The summed E-state index contributed by atoms with van der Waals surface area (Å²) in [5.74, 6) is 0.738. The van der Waals surface area contributed by atoms with Gasteiger partial charge in [-0.05, 0) is 49.3 Å². The summed E-state index contributed by atoms with van der Waals surface area (Å²) in [6.45, 7) is 2.27. The van der Waals surface area contributed by atoms with Crippen molar-refractivity contribution in [3.63, 3.8) is 0 Å². The van der Waals surface area contributed by atoms with E-state index in [0.717, 1.165) is 37.2 Å². The maximum atomic E-state index is 10.6. The van der Waals surface area contributed by atoms with E-state index >= 15 is 0 Å². The molecule has 1 aliphatic carbocycles. The predicted molar refractivity (Wildman–Crippen MR) is 78.5 cm³/mol. The summed E-state index contributed by atoms with van der Waals surface area (Å²) in [7, 11) is 1.72. The molecule has 1 unspecified atom stereocenters. The van der Waals surface area contributed by atoms with Crippen molar-refractivity contribution in [3.8, 4) is 0 Å². The van der Waals surface area contributed by atoms with Crippen LogP contribution in [0.1, 0.15) is 38.2 Å². The van der Waals surface area contributed by atoms with E-state index in [0.29, 0.717) is 11.4 Å². The quantitative estimate of drug-likeness (QED) is 0.909. The molecule has 19 heavy (non-hydrogen) atoms. The minimum atomic E-state index is -0.469. The molecule has 0 amide bonds. The van der Waals surface area contributed by atoms with Crippen LogP contribution in [0.2, 0.25) is 5.02 Å². The fraction of sp³-hybridized carbons (Fsp3) is 0.625. The highest BCUT2D eigenvalue weighted by Crippen LogP contribution is 2.37. The van der Waals surface area contributed by atoms with Gasteiger partial charge in [-0.2, -0.15) is 0 Å². The molecule has 0 bridgehead atoms. The van der Waals surface area contributed by atoms with E-state index in [-0.39, 0.29) is 5.60 Å². The average molecular weight is 283 g/mol. The van der Waals surface area contributed by atoms with E-state index in [1.165, 1.54) is 0 Å². The Labute approximate surface area is 120 Å². The van der Waals surface area contributed by atoms with Crippen LogP contribution in [-0.2, 0) is 11.2 Å². The van der Waals surface area contributed by atoms with Gasteiger partial charge in [0.05, 0.1) is 11.7 Å². The topological polar surface area (TPSA) is 29.5 Å². The molecule has 3 heteroatoms. The minimum Gasteiger partial charge on any atom is -0.390 e. The lowest BCUT2D eigenvalue weighted by molar-refractivity contribution is -0.127. The molecule has 0 aromatic heterocycles. The number of hydrogen-bond donors (Lipinski definition) is 1. The smallest absolute Gasteiger partial charge is 0.0939 e. The molecule has 2 rings (SSSR count). The largest absolute Gasteiger partial charge is 0.390 e. The average Bonchev–Trinajstić information content (AvgIpc) is 2.40. The van der Waals surface area contributed by atoms with Gasteiger partial charge >= 0.3 is 0 Å². The third-order valence-corrected chi connectivity index (χ3v) is 4.69. The number of aliphatic hydroxyl groups is 1. The Balaban J connectivity index is 2.06. The maximum absolute atomic E-state index is 10.6. The molecule has 2 nitrogen and oxygen atoms in total. The van der Waals surface area contributed by atoms with Gasteiger partial charge in [0, 0.05) is 18.6 Å². The second-order valence-corrected chi connectivity index (χ2v) is 6.24. The first-order chi connectivity index (χ1) is 9.05. The second kappa shape index (κ2) is 6.25. The first-order valence-electron chi connectivity index (χ1n) is 7.03. The zero-order chi connectivity index (χ0) is 13.9. The Morgan fingerprint density at radius 2 is 2.11 bits per heavy atom. The molecule has 1 aromatic rings. The lowest BCUT2D eigenvalue weighted by Gasteiger charge is -2.41. The van der Waals surface area contributed by atoms with Crippen molar-refractivity contribution in [1.29, 1.82) is 0 Å². The molecule has 0 spiro atoms. The summed E-state index contributed by atoms with van der Waals surface area (Å²) in [4.78, 5) is 0. The fourth-order valence-corrected chi connectivity index (χ4v) is 3.21. The lowest BCUT2D eigenvalue weighted by atomic mass is 9.75. The van der Waals surface area contributed by atoms with Gasteiger partial charge in [0.1, 0.15) is 0 Å². The highest BCUT2D eigenvalue weighted by Gasteiger charge is 2.40. The number of rotatable bonds is 4. The highest BCUT2D eigenvalue weighted by atomic mass is 35.5. The summed E-state index contributed by atoms with van der Waals surface area (Å²) >= 11 is 5.99. The summed E-state index contributed by atoms with van der Waals surface area (Å²) in [5, 5.41) is 11.3. The van der Waals surface area contributed by atoms with Crippen LogP contribution in [0.15, 0.2) is 24.3 Å². The predicted octanol–water partition coefficient (Wildman–Crippen LogP) is 3.84. The van der Waals surface area contributed by atoms with Crippen LogP contribution in [0.5, 0.6) is 0 Å². The normalized spacial score (nSPS) is 29.2. The van der Waals surface area contributed by atoms with Crippen LogP contribution in [0.4, 0.5) is 0 Å². The van der Waals surface area contributed by atoms with Gasteiger partial charge in [-0.1, -0.05) is 30.7 Å². The lowest BCUT2D eigenvalue weighted by Crippen LogP contribution is -2.47. The van der Waals surface area contributed by atoms with Crippen LogP contribution in [0.3, 0.4) is 0 Å². The van der Waals surface area contributed by atoms with E-state index in [1.54, 1.807) is 7.11 Å². The van der Waals surface area contributed by atoms with Gasteiger partial charge < -0.3 is 9.84 Å². The Morgan fingerprint density at radius 1 is 1.42 bits per heavy atom. The Bertz CT molecular complexity index is 411. The van der Waals surface area contributed by atoms with E-state index in [4.69, 9.17) is 16.3 Å². The van der Waals surface area contributed by atoms with E-state index in [9.17, 15) is 5.11 Å². The van der Waals surface area contributed by atoms with E-state index < -0.39 is 6.10 Å². The molecular formula is C16H23ClO2. The van der Waals surface area contributed by atoms with Crippen LogP contribution in [-0.4, -0.2) is 23.9 Å². The number of benzene rings is 1. The molecule has 0 heterocycles. The van der Waals surface area contributed by atoms with Crippen LogP contribution in [0, 0.1) is 5.92 Å². The molecule has 1 fully saturated rings. The Hall–Kier alpha value is -0.570. The number of aliphatic hydroxyl groups excluding tert-OH is 1. The molecule has 0 radical (unpaired) electrons. The van der Waals surface area contributed by atoms with Crippen molar-refractivity contribution < 1.29 is 9.84 Å². The van der Waals surface area contributed by atoms with Gasteiger partial charge in [0.2, 0.25) is 0 Å². The first kappa shape index (κ1) is 14.8. The van der Waals surface area contributed by atoms with Crippen LogP contribution >= 0.6 is 11.6 Å². The zero-order valence-corrected chi connectivity index (χ0v) is 12.5. The number of halogens is 1. The number of hydrogen-bond acceptors (Lipinski definition) is 2.